The highest BCUT2D eigenvalue weighted by Crippen LogP contribution is 2.09. The second-order valence-corrected chi connectivity index (χ2v) is 3.04. The zero-order chi connectivity index (χ0) is 9.14. The normalized spacial score (nSPS) is 9.92. The molecule has 64 valence electrons. The van der Waals surface area contributed by atoms with Gasteiger partial charge in [-0.15, -0.1) is 0 Å². The third kappa shape index (κ3) is 2.16. The van der Waals surface area contributed by atoms with Crippen molar-refractivity contribution < 1.29 is 4.39 Å². The van der Waals surface area contributed by atoms with Crippen LogP contribution in [0.5, 0.6) is 0 Å². The molecule has 1 rings (SSSR count). The lowest BCUT2D eigenvalue weighted by Crippen LogP contribution is -1.96. The summed E-state index contributed by atoms with van der Waals surface area (Å²) in [5, 5.41) is 7.26. The molecule has 0 saturated carbocycles. The number of rotatable bonds is 2. The van der Waals surface area contributed by atoms with E-state index < -0.39 is 0 Å². The van der Waals surface area contributed by atoms with Gasteiger partial charge < -0.3 is 5.41 Å². The first-order valence-electron chi connectivity index (χ1n) is 3.88. The molecule has 0 heterocycles. The van der Waals surface area contributed by atoms with E-state index in [-0.39, 0.29) is 5.82 Å². The predicted molar refractivity (Wildman–Crippen MR) is 48.2 cm³/mol. The van der Waals surface area contributed by atoms with Crippen LogP contribution in [0.15, 0.2) is 18.2 Å². The molecule has 1 aromatic carbocycles. The number of nitrogens with one attached hydrogen (secondary N) is 1. The van der Waals surface area contributed by atoms with Gasteiger partial charge in [-0.3, -0.25) is 0 Å². The summed E-state index contributed by atoms with van der Waals surface area (Å²) < 4.78 is 12.8. The van der Waals surface area contributed by atoms with E-state index in [0.717, 1.165) is 5.56 Å². The third-order valence-corrected chi connectivity index (χ3v) is 1.69. The van der Waals surface area contributed by atoms with Gasteiger partial charge in [0.1, 0.15) is 5.82 Å². The summed E-state index contributed by atoms with van der Waals surface area (Å²) in [5.41, 5.74) is 2.25. The molecule has 0 amide bonds. The molecular weight excluding hydrogens is 153 g/mol. The molecule has 0 unspecified atom stereocenters. The van der Waals surface area contributed by atoms with Gasteiger partial charge in [0.15, 0.2) is 0 Å². The van der Waals surface area contributed by atoms with Crippen LogP contribution in [0.4, 0.5) is 4.39 Å². The van der Waals surface area contributed by atoms with Crippen LogP contribution in [0.2, 0.25) is 0 Å². The maximum absolute atomic E-state index is 12.8. The zero-order valence-corrected chi connectivity index (χ0v) is 7.32. The van der Waals surface area contributed by atoms with Crippen molar-refractivity contribution in [1.82, 2.24) is 0 Å². The molecule has 1 nitrogen and oxygen atoms in total. The van der Waals surface area contributed by atoms with Crippen LogP contribution in [0.3, 0.4) is 0 Å². The average Bonchev–Trinajstić information content (AvgIpc) is 1.96. The summed E-state index contributed by atoms with van der Waals surface area (Å²) in [4.78, 5) is 0. The number of hydrogen-bond donors (Lipinski definition) is 1. The smallest absolute Gasteiger partial charge is 0.126 e. The maximum Gasteiger partial charge on any atom is 0.126 e. The minimum absolute atomic E-state index is 0.179. The highest BCUT2D eigenvalue weighted by Gasteiger charge is 1.99. The van der Waals surface area contributed by atoms with E-state index in [9.17, 15) is 4.39 Å². The zero-order valence-electron chi connectivity index (χ0n) is 7.32. The van der Waals surface area contributed by atoms with E-state index >= 15 is 0 Å². The first-order valence-corrected chi connectivity index (χ1v) is 3.88. The van der Waals surface area contributed by atoms with Crippen molar-refractivity contribution >= 4 is 5.71 Å². The molecule has 0 aliphatic carbocycles. The van der Waals surface area contributed by atoms with Crippen molar-refractivity contribution in [2.75, 3.05) is 0 Å². The van der Waals surface area contributed by atoms with Gasteiger partial charge in [0.05, 0.1) is 0 Å². The average molecular weight is 165 g/mol. The van der Waals surface area contributed by atoms with Crippen molar-refractivity contribution in [3.63, 3.8) is 0 Å². The van der Waals surface area contributed by atoms with Gasteiger partial charge >= 0.3 is 0 Å². The van der Waals surface area contributed by atoms with Gasteiger partial charge in [-0.05, 0) is 31.0 Å². The molecule has 0 saturated heterocycles. The molecule has 0 aromatic heterocycles. The minimum atomic E-state index is -0.179. The molecule has 0 fully saturated rings. The van der Waals surface area contributed by atoms with E-state index in [1.807, 2.05) is 0 Å². The van der Waals surface area contributed by atoms with Gasteiger partial charge in [-0.1, -0.05) is 12.1 Å². The second kappa shape index (κ2) is 3.48. The van der Waals surface area contributed by atoms with Crippen LogP contribution < -0.4 is 0 Å². The molecule has 0 aliphatic rings. The Kier molecular flexibility index (Phi) is 2.58. The molecule has 1 N–H and O–H groups in total. The van der Waals surface area contributed by atoms with Gasteiger partial charge in [-0.25, -0.2) is 4.39 Å². The fourth-order valence-electron chi connectivity index (χ4n) is 1.12. The number of hydrogen-bond acceptors (Lipinski definition) is 1. The van der Waals surface area contributed by atoms with Crippen LogP contribution in [0.1, 0.15) is 18.1 Å². The molecule has 0 spiro atoms. The Hall–Kier alpha value is -1.18. The molecule has 2 heteroatoms. The predicted octanol–water partition coefficient (Wildman–Crippen LogP) is 2.72. The molecule has 0 atom stereocenters. The van der Waals surface area contributed by atoms with Crippen LogP contribution in [0, 0.1) is 18.2 Å². The molecule has 12 heavy (non-hydrogen) atoms. The third-order valence-electron chi connectivity index (χ3n) is 1.69. The van der Waals surface area contributed by atoms with Crippen molar-refractivity contribution in [2.24, 2.45) is 0 Å². The summed E-state index contributed by atoms with van der Waals surface area (Å²) in [5.74, 6) is -0.179. The number of aryl methyl sites for hydroxylation is 1. The van der Waals surface area contributed by atoms with E-state index in [4.69, 9.17) is 5.41 Å². The Labute approximate surface area is 71.7 Å². The van der Waals surface area contributed by atoms with Gasteiger partial charge in [0, 0.05) is 12.1 Å². The lowest BCUT2D eigenvalue weighted by Gasteiger charge is -2.01. The Bertz CT molecular complexity index is 305. The van der Waals surface area contributed by atoms with Gasteiger partial charge in [-0.2, -0.15) is 0 Å². The summed E-state index contributed by atoms with van der Waals surface area (Å²) in [6.07, 6.45) is 0.612. The van der Waals surface area contributed by atoms with E-state index in [2.05, 4.69) is 0 Å². The summed E-state index contributed by atoms with van der Waals surface area (Å²) >= 11 is 0. The quantitative estimate of drug-likeness (QED) is 0.651. The highest BCUT2D eigenvalue weighted by molar-refractivity contribution is 5.81. The Morgan fingerprint density at radius 1 is 1.50 bits per heavy atom. The standard InChI is InChI=1S/C10H12FN/c1-7-5-9(6-8(2)12)3-4-10(7)11/h3-5,12H,6H2,1-2H3. The topological polar surface area (TPSA) is 23.9 Å². The van der Waals surface area contributed by atoms with Gasteiger partial charge in [0.2, 0.25) is 0 Å². The minimum Gasteiger partial charge on any atom is -0.310 e. The van der Waals surface area contributed by atoms with Crippen molar-refractivity contribution in [3.05, 3.63) is 35.1 Å². The lowest BCUT2D eigenvalue weighted by molar-refractivity contribution is 0.618. The number of halogens is 1. The summed E-state index contributed by atoms with van der Waals surface area (Å²) in [6.45, 7) is 3.48. The van der Waals surface area contributed by atoms with E-state index in [0.29, 0.717) is 17.7 Å². The fraction of sp³-hybridized carbons (Fsp3) is 0.300. The monoisotopic (exact) mass is 165 g/mol. The Morgan fingerprint density at radius 3 is 2.67 bits per heavy atom. The maximum atomic E-state index is 12.8. The SMILES string of the molecule is CC(=N)Cc1ccc(F)c(C)c1. The van der Waals surface area contributed by atoms with Crippen molar-refractivity contribution in [1.29, 1.82) is 5.41 Å². The van der Waals surface area contributed by atoms with E-state index in [1.165, 1.54) is 6.07 Å². The fourth-order valence-corrected chi connectivity index (χ4v) is 1.12. The van der Waals surface area contributed by atoms with E-state index in [1.54, 1.807) is 26.0 Å². The summed E-state index contributed by atoms with van der Waals surface area (Å²) in [6, 6.07) is 4.96. The first-order chi connectivity index (χ1) is 5.59. The van der Waals surface area contributed by atoms with Crippen molar-refractivity contribution in [3.8, 4) is 0 Å². The molecular formula is C10H12FN. The van der Waals surface area contributed by atoms with Crippen molar-refractivity contribution in [2.45, 2.75) is 20.3 Å². The van der Waals surface area contributed by atoms with Crippen LogP contribution in [-0.2, 0) is 6.42 Å². The van der Waals surface area contributed by atoms with Crippen LogP contribution in [-0.4, -0.2) is 5.71 Å². The first kappa shape index (κ1) is 8.91. The van der Waals surface area contributed by atoms with Crippen LogP contribution >= 0.6 is 0 Å². The Balaban J connectivity index is 2.89. The van der Waals surface area contributed by atoms with Gasteiger partial charge in [0.25, 0.3) is 0 Å². The summed E-state index contributed by atoms with van der Waals surface area (Å²) in [7, 11) is 0. The number of benzene rings is 1. The molecule has 0 aliphatic heterocycles. The molecule has 0 bridgehead atoms. The Morgan fingerprint density at radius 2 is 2.17 bits per heavy atom. The molecule has 1 aromatic rings. The highest BCUT2D eigenvalue weighted by atomic mass is 19.1. The lowest BCUT2D eigenvalue weighted by atomic mass is 10.1. The largest absolute Gasteiger partial charge is 0.310 e. The second-order valence-electron chi connectivity index (χ2n) is 3.04. The van der Waals surface area contributed by atoms with Crippen LogP contribution in [0.25, 0.3) is 0 Å². The molecule has 0 radical (unpaired) electrons.